The molecule has 29 heavy (non-hydrogen) atoms. The Morgan fingerprint density at radius 2 is 1.76 bits per heavy atom. The number of carbonyl (C=O) groups is 2. The number of nitro groups is 1. The molecule has 1 aliphatic rings. The average molecular weight is 395 g/mol. The van der Waals surface area contributed by atoms with Crippen molar-refractivity contribution in [2.75, 3.05) is 25.6 Å². The molecule has 8 nitrogen and oxygen atoms in total. The van der Waals surface area contributed by atoms with Crippen LogP contribution in [0.1, 0.15) is 16.7 Å². The molecule has 0 saturated carbocycles. The fourth-order valence-corrected chi connectivity index (χ4v) is 3.12. The molecule has 0 aliphatic carbocycles. The Kier molecular flexibility index (Phi) is 5.74. The van der Waals surface area contributed by atoms with Crippen molar-refractivity contribution < 1.29 is 19.2 Å². The van der Waals surface area contributed by atoms with Crippen LogP contribution in [0, 0.1) is 24.0 Å². The van der Waals surface area contributed by atoms with E-state index in [1.807, 2.05) is 32.0 Å². The van der Waals surface area contributed by atoms with E-state index in [1.54, 1.807) is 0 Å². The lowest BCUT2D eigenvalue weighted by Crippen LogP contribution is -2.35. The number of hydrogen-bond donors (Lipinski definition) is 1. The number of nitro benzene ring substituents is 1. The first-order chi connectivity index (χ1) is 13.8. The first-order valence-corrected chi connectivity index (χ1v) is 9.02. The van der Waals surface area contributed by atoms with E-state index >= 15 is 0 Å². The summed E-state index contributed by atoms with van der Waals surface area (Å²) in [6.07, 6.45) is 0. The second-order valence-corrected chi connectivity index (χ2v) is 6.68. The van der Waals surface area contributed by atoms with Gasteiger partial charge in [0.2, 0.25) is 0 Å². The van der Waals surface area contributed by atoms with Crippen LogP contribution < -0.4 is 5.32 Å². The summed E-state index contributed by atoms with van der Waals surface area (Å²) < 4.78 is 5.01. The van der Waals surface area contributed by atoms with Gasteiger partial charge >= 0.3 is 0 Å². The molecule has 3 rings (SSSR count). The van der Waals surface area contributed by atoms with Gasteiger partial charge in [0, 0.05) is 24.9 Å². The van der Waals surface area contributed by atoms with Crippen molar-refractivity contribution in [3.63, 3.8) is 0 Å². The Morgan fingerprint density at radius 3 is 2.38 bits per heavy atom. The third-order valence-corrected chi connectivity index (χ3v) is 4.92. The van der Waals surface area contributed by atoms with Crippen molar-refractivity contribution in [2.24, 2.45) is 0 Å². The van der Waals surface area contributed by atoms with E-state index in [1.165, 1.54) is 31.4 Å². The zero-order valence-corrected chi connectivity index (χ0v) is 16.4. The van der Waals surface area contributed by atoms with Gasteiger partial charge in [-0.25, -0.2) is 0 Å². The first-order valence-electron chi connectivity index (χ1n) is 9.02. The molecule has 0 spiro atoms. The summed E-state index contributed by atoms with van der Waals surface area (Å²) in [7, 11) is 1.49. The Labute approximate surface area is 167 Å². The Morgan fingerprint density at radius 1 is 1.07 bits per heavy atom. The highest BCUT2D eigenvalue weighted by molar-refractivity contribution is 6.36. The number of ether oxygens (including phenoxy) is 1. The summed E-state index contributed by atoms with van der Waals surface area (Å²) in [5, 5.41) is 14.0. The molecule has 0 saturated heterocycles. The molecule has 2 aromatic carbocycles. The minimum Gasteiger partial charge on any atom is -0.383 e. The van der Waals surface area contributed by atoms with Crippen molar-refractivity contribution in [3.05, 3.63) is 75.0 Å². The van der Waals surface area contributed by atoms with Crippen molar-refractivity contribution in [1.82, 2.24) is 4.90 Å². The molecule has 8 heteroatoms. The number of nitrogens with zero attached hydrogens (tertiary/aromatic N) is 2. The highest BCUT2D eigenvalue weighted by Crippen LogP contribution is 2.32. The SMILES string of the molecule is COCCN1C(=O)C(Nc2cccc(C)c2C)=C(c2ccc([N+](=O)[O-])cc2)C1=O. The van der Waals surface area contributed by atoms with Crippen molar-refractivity contribution in [2.45, 2.75) is 13.8 Å². The van der Waals surface area contributed by atoms with Gasteiger partial charge in [-0.15, -0.1) is 0 Å². The Balaban J connectivity index is 2.07. The number of benzene rings is 2. The van der Waals surface area contributed by atoms with Gasteiger partial charge in [0.05, 0.1) is 23.6 Å². The van der Waals surface area contributed by atoms with Gasteiger partial charge in [-0.3, -0.25) is 24.6 Å². The number of amides is 2. The standard InChI is InChI=1S/C21H21N3O5/c1-13-5-4-6-17(14(13)2)22-19-18(15-7-9-16(10-8-15)24(27)28)20(25)23(21(19)26)11-12-29-3/h4-10,22H,11-12H2,1-3H3. The maximum Gasteiger partial charge on any atom is 0.278 e. The average Bonchev–Trinajstić information content (AvgIpc) is 2.93. The molecule has 150 valence electrons. The normalized spacial score (nSPS) is 14.0. The molecule has 1 heterocycles. The number of aryl methyl sites for hydroxylation is 1. The van der Waals surface area contributed by atoms with Gasteiger partial charge in [-0.2, -0.15) is 0 Å². The summed E-state index contributed by atoms with van der Waals surface area (Å²) in [4.78, 5) is 37.6. The van der Waals surface area contributed by atoms with Crippen LogP contribution in [-0.4, -0.2) is 41.9 Å². The minimum absolute atomic E-state index is 0.0913. The van der Waals surface area contributed by atoms with Crippen LogP contribution in [0.2, 0.25) is 0 Å². The van der Waals surface area contributed by atoms with Crippen LogP contribution in [0.3, 0.4) is 0 Å². The second kappa shape index (κ2) is 8.24. The van der Waals surface area contributed by atoms with Gasteiger partial charge in [-0.05, 0) is 48.7 Å². The van der Waals surface area contributed by atoms with E-state index in [2.05, 4.69) is 5.32 Å². The van der Waals surface area contributed by atoms with Gasteiger partial charge in [0.1, 0.15) is 5.70 Å². The monoisotopic (exact) mass is 395 g/mol. The summed E-state index contributed by atoms with van der Waals surface area (Å²) in [5.41, 5.74) is 3.39. The smallest absolute Gasteiger partial charge is 0.278 e. The number of anilines is 1. The van der Waals surface area contributed by atoms with Gasteiger partial charge in [0.25, 0.3) is 17.5 Å². The highest BCUT2D eigenvalue weighted by atomic mass is 16.6. The first kappa shape index (κ1) is 20.2. The Bertz CT molecular complexity index is 1010. The maximum absolute atomic E-state index is 13.0. The molecule has 2 aromatic rings. The number of non-ortho nitro benzene ring substituents is 1. The zero-order chi connectivity index (χ0) is 21.1. The predicted octanol–water partition coefficient (Wildman–Crippen LogP) is 3.05. The third-order valence-electron chi connectivity index (χ3n) is 4.92. The van der Waals surface area contributed by atoms with Crippen molar-refractivity contribution in [1.29, 1.82) is 0 Å². The molecule has 0 fully saturated rings. The van der Waals surface area contributed by atoms with E-state index < -0.39 is 16.7 Å². The van der Waals surface area contributed by atoms with Crippen molar-refractivity contribution in [3.8, 4) is 0 Å². The number of carbonyl (C=O) groups excluding carboxylic acids is 2. The maximum atomic E-state index is 13.0. The zero-order valence-electron chi connectivity index (χ0n) is 16.4. The summed E-state index contributed by atoms with van der Waals surface area (Å²) in [6, 6.07) is 11.2. The quantitative estimate of drug-likeness (QED) is 0.439. The minimum atomic E-state index is -0.514. The van der Waals surface area contributed by atoms with Crippen LogP contribution in [-0.2, 0) is 14.3 Å². The molecule has 0 bridgehead atoms. The number of imide groups is 1. The number of methoxy groups -OCH3 is 1. The number of rotatable bonds is 7. The fourth-order valence-electron chi connectivity index (χ4n) is 3.12. The number of hydrogen-bond acceptors (Lipinski definition) is 6. The summed E-state index contributed by atoms with van der Waals surface area (Å²) in [6.45, 7) is 4.21. The van der Waals surface area contributed by atoms with E-state index in [0.29, 0.717) is 11.3 Å². The topological polar surface area (TPSA) is 102 Å². The lowest BCUT2D eigenvalue weighted by atomic mass is 10.0. The van der Waals surface area contributed by atoms with Crippen LogP contribution in [0.25, 0.3) is 5.57 Å². The van der Waals surface area contributed by atoms with Gasteiger partial charge < -0.3 is 10.1 Å². The molecule has 0 radical (unpaired) electrons. The van der Waals surface area contributed by atoms with Crippen molar-refractivity contribution >= 4 is 28.8 Å². The second-order valence-electron chi connectivity index (χ2n) is 6.68. The van der Waals surface area contributed by atoms with Gasteiger partial charge in [-0.1, -0.05) is 12.1 Å². The fraction of sp³-hybridized carbons (Fsp3) is 0.238. The van der Waals surface area contributed by atoms with Crippen LogP contribution in [0.4, 0.5) is 11.4 Å². The summed E-state index contributed by atoms with van der Waals surface area (Å²) in [5.74, 6) is -0.921. The molecule has 0 aromatic heterocycles. The molecule has 0 unspecified atom stereocenters. The predicted molar refractivity (Wildman–Crippen MR) is 108 cm³/mol. The Hall–Kier alpha value is -3.52. The van der Waals surface area contributed by atoms with E-state index in [-0.39, 0.29) is 30.1 Å². The lowest BCUT2D eigenvalue weighted by Gasteiger charge is -2.15. The molecule has 1 aliphatic heterocycles. The summed E-state index contributed by atoms with van der Waals surface area (Å²) >= 11 is 0. The van der Waals surface area contributed by atoms with Crippen LogP contribution in [0.15, 0.2) is 48.2 Å². The highest BCUT2D eigenvalue weighted by Gasteiger charge is 2.39. The molecule has 0 atom stereocenters. The molecular weight excluding hydrogens is 374 g/mol. The van der Waals surface area contributed by atoms with Crippen LogP contribution >= 0.6 is 0 Å². The largest absolute Gasteiger partial charge is 0.383 e. The van der Waals surface area contributed by atoms with E-state index in [9.17, 15) is 19.7 Å². The third kappa shape index (κ3) is 3.88. The molecule has 1 N–H and O–H groups in total. The lowest BCUT2D eigenvalue weighted by molar-refractivity contribution is -0.384. The van der Waals surface area contributed by atoms with E-state index in [0.717, 1.165) is 16.0 Å². The van der Waals surface area contributed by atoms with Gasteiger partial charge in [0.15, 0.2) is 0 Å². The molecular formula is C21H21N3O5. The van der Waals surface area contributed by atoms with E-state index in [4.69, 9.17) is 4.74 Å². The molecule has 2 amide bonds. The number of nitrogens with one attached hydrogen (secondary N) is 1. The van der Waals surface area contributed by atoms with Crippen LogP contribution in [0.5, 0.6) is 0 Å².